The zero-order valence-corrected chi connectivity index (χ0v) is 9.81. The zero-order chi connectivity index (χ0) is 10.8. The van der Waals surface area contributed by atoms with Crippen LogP contribution in [0.15, 0.2) is 39.9 Å². The molecule has 0 spiro atoms. The van der Waals surface area contributed by atoms with Gasteiger partial charge in [-0.2, -0.15) is 5.10 Å². The first kappa shape index (κ1) is 10.2. The first-order chi connectivity index (χ1) is 7.16. The van der Waals surface area contributed by atoms with Crippen molar-refractivity contribution < 1.29 is 0 Å². The Morgan fingerprint density at radius 3 is 2.53 bits per heavy atom. The average Bonchev–Trinajstić information content (AvgIpc) is 2.53. The molecule has 5 heteroatoms. The zero-order valence-electron chi connectivity index (χ0n) is 8.22. The number of rotatable bonds is 2. The fourth-order valence-corrected chi connectivity index (χ4v) is 1.56. The van der Waals surface area contributed by atoms with Gasteiger partial charge in [0, 0.05) is 11.5 Å². The van der Waals surface area contributed by atoms with Crippen molar-refractivity contribution in [3.05, 3.63) is 51.1 Å². The van der Waals surface area contributed by atoms with Gasteiger partial charge in [0.2, 0.25) is 0 Å². The van der Waals surface area contributed by atoms with Crippen LogP contribution in [0.4, 0.5) is 0 Å². The Hall–Kier alpha value is -1.36. The van der Waals surface area contributed by atoms with Crippen LogP contribution in [0.2, 0.25) is 0 Å². The summed E-state index contributed by atoms with van der Waals surface area (Å²) in [7, 11) is 1.69. The van der Waals surface area contributed by atoms with E-state index in [1.807, 2.05) is 24.3 Å². The lowest BCUT2D eigenvalue weighted by molar-refractivity contribution is 0.646. The summed E-state index contributed by atoms with van der Waals surface area (Å²) in [5.41, 5.74) is 0.955. The highest BCUT2D eigenvalue weighted by molar-refractivity contribution is 9.10. The van der Waals surface area contributed by atoms with Crippen LogP contribution in [0.25, 0.3) is 0 Å². The van der Waals surface area contributed by atoms with E-state index in [4.69, 9.17) is 0 Å². The fraction of sp³-hybridized carbons (Fsp3) is 0.200. The van der Waals surface area contributed by atoms with E-state index in [1.54, 1.807) is 7.05 Å². The topological polar surface area (TPSA) is 39.8 Å². The fourth-order valence-electron chi connectivity index (χ4n) is 1.29. The lowest BCUT2D eigenvalue weighted by Crippen LogP contribution is -2.23. The maximum absolute atomic E-state index is 11.5. The van der Waals surface area contributed by atoms with Gasteiger partial charge in [-0.05, 0) is 17.7 Å². The van der Waals surface area contributed by atoms with Gasteiger partial charge in [0.25, 0.3) is 0 Å². The highest BCUT2D eigenvalue weighted by atomic mass is 79.9. The monoisotopic (exact) mass is 267 g/mol. The van der Waals surface area contributed by atoms with Crippen LogP contribution in [0.5, 0.6) is 0 Å². The maximum Gasteiger partial charge on any atom is 0.345 e. The lowest BCUT2D eigenvalue weighted by Gasteiger charge is -2.00. The van der Waals surface area contributed by atoms with E-state index in [2.05, 4.69) is 21.0 Å². The van der Waals surface area contributed by atoms with E-state index in [9.17, 15) is 4.79 Å². The van der Waals surface area contributed by atoms with Crippen molar-refractivity contribution in [2.75, 3.05) is 0 Å². The largest absolute Gasteiger partial charge is 0.345 e. The molecule has 4 nitrogen and oxygen atoms in total. The van der Waals surface area contributed by atoms with Crippen molar-refractivity contribution in [1.82, 2.24) is 14.3 Å². The molecular formula is C10H10BrN3O. The Morgan fingerprint density at radius 2 is 2.00 bits per heavy atom. The van der Waals surface area contributed by atoms with Crippen LogP contribution >= 0.6 is 15.9 Å². The molecule has 0 N–H and O–H groups in total. The molecule has 0 atom stereocenters. The van der Waals surface area contributed by atoms with Crippen LogP contribution < -0.4 is 5.69 Å². The Balaban J connectivity index is 2.26. The molecule has 15 heavy (non-hydrogen) atoms. The van der Waals surface area contributed by atoms with Gasteiger partial charge in [0.05, 0.1) is 6.54 Å². The molecule has 0 fully saturated rings. The van der Waals surface area contributed by atoms with E-state index in [0.717, 1.165) is 10.0 Å². The third-order valence-corrected chi connectivity index (χ3v) is 2.66. The summed E-state index contributed by atoms with van der Waals surface area (Å²) in [6.45, 7) is 0.507. The third kappa shape index (κ3) is 2.18. The average molecular weight is 268 g/mol. The third-order valence-electron chi connectivity index (χ3n) is 2.13. The van der Waals surface area contributed by atoms with E-state index in [-0.39, 0.29) is 5.69 Å². The summed E-state index contributed by atoms with van der Waals surface area (Å²) >= 11 is 3.36. The molecule has 2 aromatic rings. The standard InChI is InChI=1S/C10H10BrN3O/c1-13-7-12-14(10(13)15)6-8-2-4-9(11)5-3-8/h2-5,7H,6H2,1H3. The number of hydrogen-bond acceptors (Lipinski definition) is 2. The Labute approximate surface area is 95.3 Å². The minimum absolute atomic E-state index is 0.0991. The number of hydrogen-bond donors (Lipinski definition) is 0. The summed E-state index contributed by atoms with van der Waals surface area (Å²) < 4.78 is 3.92. The number of aromatic nitrogens is 3. The molecule has 78 valence electrons. The van der Waals surface area contributed by atoms with Gasteiger partial charge in [0.1, 0.15) is 6.33 Å². The molecule has 0 saturated carbocycles. The molecule has 1 aromatic carbocycles. The smallest absolute Gasteiger partial charge is 0.285 e. The lowest BCUT2D eigenvalue weighted by atomic mass is 10.2. The number of benzene rings is 1. The molecule has 0 bridgehead atoms. The van der Waals surface area contributed by atoms with E-state index in [1.165, 1.54) is 15.6 Å². The van der Waals surface area contributed by atoms with E-state index in [0.29, 0.717) is 6.54 Å². The van der Waals surface area contributed by atoms with Crippen molar-refractivity contribution in [1.29, 1.82) is 0 Å². The van der Waals surface area contributed by atoms with E-state index >= 15 is 0 Å². The number of aryl methyl sites for hydroxylation is 1. The van der Waals surface area contributed by atoms with Crippen molar-refractivity contribution in [2.24, 2.45) is 7.05 Å². The minimum Gasteiger partial charge on any atom is -0.285 e. The van der Waals surface area contributed by atoms with Gasteiger partial charge in [-0.3, -0.25) is 4.57 Å². The Kier molecular flexibility index (Phi) is 2.73. The van der Waals surface area contributed by atoms with Crippen molar-refractivity contribution in [3.8, 4) is 0 Å². The predicted molar refractivity (Wildman–Crippen MR) is 60.7 cm³/mol. The summed E-state index contributed by atoms with van der Waals surface area (Å²) in [6, 6.07) is 7.82. The SMILES string of the molecule is Cn1cnn(Cc2ccc(Br)cc2)c1=O. The van der Waals surface area contributed by atoms with Gasteiger partial charge < -0.3 is 0 Å². The molecule has 0 unspecified atom stereocenters. The van der Waals surface area contributed by atoms with Gasteiger partial charge in [-0.1, -0.05) is 28.1 Å². The number of halogens is 1. The van der Waals surface area contributed by atoms with Crippen LogP contribution in [0.3, 0.4) is 0 Å². The number of nitrogens with zero attached hydrogens (tertiary/aromatic N) is 3. The van der Waals surface area contributed by atoms with Gasteiger partial charge in [-0.15, -0.1) is 0 Å². The minimum atomic E-state index is -0.0991. The first-order valence-corrected chi connectivity index (χ1v) is 5.29. The van der Waals surface area contributed by atoms with E-state index < -0.39 is 0 Å². The van der Waals surface area contributed by atoms with Crippen LogP contribution in [-0.4, -0.2) is 14.3 Å². The van der Waals surface area contributed by atoms with Gasteiger partial charge >= 0.3 is 5.69 Å². The summed E-state index contributed by atoms with van der Waals surface area (Å²) in [6.07, 6.45) is 1.52. The molecule has 1 aromatic heterocycles. The second-order valence-corrected chi connectivity index (χ2v) is 4.22. The summed E-state index contributed by atoms with van der Waals surface area (Å²) in [4.78, 5) is 11.5. The van der Waals surface area contributed by atoms with Crippen molar-refractivity contribution in [2.45, 2.75) is 6.54 Å². The maximum atomic E-state index is 11.5. The highest BCUT2D eigenvalue weighted by Crippen LogP contribution is 2.10. The summed E-state index contributed by atoms with van der Waals surface area (Å²) in [5, 5.41) is 3.99. The van der Waals surface area contributed by atoms with Crippen LogP contribution in [0, 0.1) is 0 Å². The molecule has 1 heterocycles. The molecule has 0 amide bonds. The molecule has 0 aliphatic carbocycles. The second kappa shape index (κ2) is 4.02. The quantitative estimate of drug-likeness (QED) is 0.825. The van der Waals surface area contributed by atoms with Crippen LogP contribution in [-0.2, 0) is 13.6 Å². The molecular weight excluding hydrogens is 258 g/mol. The summed E-state index contributed by atoms with van der Waals surface area (Å²) in [5.74, 6) is 0. The van der Waals surface area contributed by atoms with Crippen molar-refractivity contribution >= 4 is 15.9 Å². The highest BCUT2D eigenvalue weighted by Gasteiger charge is 2.01. The normalized spacial score (nSPS) is 10.5. The first-order valence-electron chi connectivity index (χ1n) is 4.50. The second-order valence-electron chi connectivity index (χ2n) is 3.31. The molecule has 0 aliphatic rings. The van der Waals surface area contributed by atoms with Crippen molar-refractivity contribution in [3.63, 3.8) is 0 Å². The molecule has 0 aliphatic heterocycles. The molecule has 2 rings (SSSR count). The molecule has 0 radical (unpaired) electrons. The predicted octanol–water partition coefficient (Wildman–Crippen LogP) is 1.39. The Bertz CT molecular complexity index is 512. The van der Waals surface area contributed by atoms with Gasteiger partial charge in [0.15, 0.2) is 0 Å². The van der Waals surface area contributed by atoms with Crippen LogP contribution in [0.1, 0.15) is 5.56 Å². The Morgan fingerprint density at radius 1 is 1.33 bits per heavy atom. The van der Waals surface area contributed by atoms with Gasteiger partial charge in [-0.25, -0.2) is 9.48 Å². The molecule has 0 saturated heterocycles.